The van der Waals surface area contributed by atoms with E-state index in [-0.39, 0.29) is 18.0 Å². The monoisotopic (exact) mass is 343 g/mol. The smallest absolute Gasteiger partial charge is 0.336 e. The molecule has 1 aromatic carbocycles. The number of fused-ring (bicyclic) bond motifs is 2. The fourth-order valence-corrected chi connectivity index (χ4v) is 3.75. The summed E-state index contributed by atoms with van der Waals surface area (Å²) >= 11 is 0. The Morgan fingerprint density at radius 1 is 1.12 bits per heavy atom. The number of hydrogen-bond donors (Lipinski definition) is 1. The van der Waals surface area contributed by atoms with E-state index >= 15 is 0 Å². The number of carboxylic acid groups (broad SMARTS) is 1. The van der Waals surface area contributed by atoms with Gasteiger partial charge in [0.15, 0.2) is 0 Å². The molecule has 1 amide bonds. The van der Waals surface area contributed by atoms with Crippen molar-refractivity contribution in [2.75, 3.05) is 6.54 Å². The molecule has 0 saturated heterocycles. The number of carbonyl (C=O) groups excluding carboxylic acids is 1. The fourth-order valence-electron chi connectivity index (χ4n) is 3.75. The highest BCUT2D eigenvalue weighted by Crippen LogP contribution is 2.27. The number of aromatic carboxylic acids is 1. The number of nitrogens with zero attached hydrogens (tertiary/aromatic N) is 3. The molecule has 0 unspecified atom stereocenters. The summed E-state index contributed by atoms with van der Waals surface area (Å²) in [6.07, 6.45) is 4.87. The lowest BCUT2D eigenvalue weighted by molar-refractivity contribution is 0.0673. The van der Waals surface area contributed by atoms with Gasteiger partial charge in [0.2, 0.25) is 0 Å². The van der Waals surface area contributed by atoms with Gasteiger partial charge in [-0.3, -0.25) is 4.79 Å². The van der Waals surface area contributed by atoms with Gasteiger partial charge in [-0.1, -0.05) is 0 Å². The van der Waals surface area contributed by atoms with Gasteiger partial charge in [0.1, 0.15) is 17.3 Å². The van der Waals surface area contributed by atoms with E-state index in [1.807, 2.05) is 4.57 Å². The first-order chi connectivity index (χ1) is 12.1. The van der Waals surface area contributed by atoms with Crippen LogP contribution in [-0.4, -0.2) is 38.0 Å². The third kappa shape index (κ3) is 2.59. The highest BCUT2D eigenvalue weighted by Gasteiger charge is 2.29. The maximum absolute atomic E-state index is 14.0. The minimum atomic E-state index is -1.10. The molecule has 4 rings (SSSR count). The van der Waals surface area contributed by atoms with E-state index in [9.17, 15) is 19.1 Å². The third-order valence-corrected chi connectivity index (χ3v) is 5.06. The van der Waals surface area contributed by atoms with Crippen LogP contribution in [-0.2, 0) is 25.9 Å². The summed E-state index contributed by atoms with van der Waals surface area (Å²) in [4.78, 5) is 30.3. The fraction of sp³-hybridized carbons (Fsp3) is 0.389. The lowest BCUT2D eigenvalue weighted by Gasteiger charge is -2.30. The number of amides is 1. The zero-order valence-electron chi connectivity index (χ0n) is 13.7. The zero-order chi connectivity index (χ0) is 17.6. The van der Waals surface area contributed by atoms with Crippen molar-refractivity contribution in [2.24, 2.45) is 0 Å². The molecule has 2 aliphatic rings. The molecule has 7 heteroatoms. The predicted octanol–water partition coefficient (Wildman–Crippen LogP) is 2.26. The molecule has 0 atom stereocenters. The molecule has 0 radical (unpaired) electrons. The van der Waals surface area contributed by atoms with E-state index in [0.717, 1.165) is 31.6 Å². The molecule has 1 N–H and O–H groups in total. The normalized spacial score (nSPS) is 16.3. The Morgan fingerprint density at radius 3 is 2.76 bits per heavy atom. The lowest BCUT2D eigenvalue weighted by atomic mass is 9.94. The first-order valence-electron chi connectivity index (χ1n) is 8.43. The molecular formula is C18H18FN3O3. The maximum atomic E-state index is 14.0. The second kappa shape index (κ2) is 5.98. The Kier molecular flexibility index (Phi) is 3.78. The molecule has 1 aromatic heterocycles. The van der Waals surface area contributed by atoms with Crippen molar-refractivity contribution in [2.45, 2.75) is 38.8 Å². The second-order valence-electron chi connectivity index (χ2n) is 6.50. The first-order valence-corrected chi connectivity index (χ1v) is 8.43. The van der Waals surface area contributed by atoms with E-state index in [4.69, 9.17) is 0 Å². The van der Waals surface area contributed by atoms with E-state index in [0.29, 0.717) is 29.8 Å². The van der Waals surface area contributed by atoms with Crippen LogP contribution in [0, 0.1) is 5.82 Å². The van der Waals surface area contributed by atoms with Crippen molar-refractivity contribution in [1.29, 1.82) is 0 Å². The van der Waals surface area contributed by atoms with Crippen molar-refractivity contribution >= 4 is 11.9 Å². The van der Waals surface area contributed by atoms with E-state index in [2.05, 4.69) is 4.98 Å². The summed E-state index contributed by atoms with van der Waals surface area (Å²) in [6.45, 7) is 1.25. The van der Waals surface area contributed by atoms with Crippen LogP contribution in [0.4, 0.5) is 4.39 Å². The largest absolute Gasteiger partial charge is 0.478 e. The van der Waals surface area contributed by atoms with Gasteiger partial charge in [-0.05, 0) is 42.5 Å². The molecule has 3 heterocycles. The van der Waals surface area contributed by atoms with Gasteiger partial charge in [-0.2, -0.15) is 0 Å². The van der Waals surface area contributed by atoms with Crippen LogP contribution in [0.5, 0.6) is 0 Å². The molecule has 0 bridgehead atoms. The molecule has 2 aliphatic heterocycles. The molecule has 25 heavy (non-hydrogen) atoms. The van der Waals surface area contributed by atoms with Crippen LogP contribution < -0.4 is 0 Å². The average Bonchev–Trinajstić information content (AvgIpc) is 3.05. The van der Waals surface area contributed by atoms with Crippen LogP contribution in [0.1, 0.15) is 50.6 Å². The Balaban J connectivity index is 1.66. The molecule has 130 valence electrons. The minimum Gasteiger partial charge on any atom is -0.478 e. The van der Waals surface area contributed by atoms with Crippen LogP contribution in [0.25, 0.3) is 0 Å². The number of imidazole rings is 1. The average molecular weight is 343 g/mol. The van der Waals surface area contributed by atoms with Gasteiger partial charge in [0.05, 0.1) is 11.8 Å². The maximum Gasteiger partial charge on any atom is 0.336 e. The Morgan fingerprint density at radius 2 is 1.96 bits per heavy atom. The molecule has 0 aliphatic carbocycles. The van der Waals surface area contributed by atoms with Crippen molar-refractivity contribution < 1.29 is 19.1 Å². The van der Waals surface area contributed by atoms with Crippen LogP contribution in [0.3, 0.4) is 0 Å². The molecule has 0 fully saturated rings. The van der Waals surface area contributed by atoms with Gasteiger partial charge in [0, 0.05) is 26.1 Å². The zero-order valence-corrected chi connectivity index (χ0v) is 13.7. The Hall–Kier alpha value is -2.70. The predicted molar refractivity (Wildman–Crippen MR) is 87.0 cm³/mol. The van der Waals surface area contributed by atoms with Crippen molar-refractivity contribution in [3.05, 3.63) is 52.4 Å². The van der Waals surface area contributed by atoms with E-state index in [1.54, 1.807) is 11.1 Å². The number of benzene rings is 1. The van der Waals surface area contributed by atoms with Crippen LogP contribution in [0.15, 0.2) is 18.3 Å². The van der Waals surface area contributed by atoms with Crippen molar-refractivity contribution in [1.82, 2.24) is 14.5 Å². The summed E-state index contributed by atoms with van der Waals surface area (Å²) in [7, 11) is 0. The van der Waals surface area contributed by atoms with Crippen LogP contribution >= 0.6 is 0 Å². The highest BCUT2D eigenvalue weighted by molar-refractivity contribution is 5.94. The Labute approximate surface area is 143 Å². The van der Waals surface area contributed by atoms with Gasteiger partial charge >= 0.3 is 5.97 Å². The number of halogens is 1. The molecule has 2 aromatic rings. The number of carbonyl (C=O) groups is 2. The van der Waals surface area contributed by atoms with Gasteiger partial charge in [-0.25, -0.2) is 14.2 Å². The van der Waals surface area contributed by atoms with Gasteiger partial charge in [0.25, 0.3) is 5.91 Å². The highest BCUT2D eigenvalue weighted by atomic mass is 19.1. The quantitative estimate of drug-likeness (QED) is 0.907. The summed E-state index contributed by atoms with van der Waals surface area (Å²) in [5.74, 6) is -0.766. The molecule has 0 spiro atoms. The molecule has 0 saturated carbocycles. The summed E-state index contributed by atoms with van der Waals surface area (Å²) < 4.78 is 16.0. The Bertz CT molecular complexity index is 875. The molecule has 6 nitrogen and oxygen atoms in total. The van der Waals surface area contributed by atoms with Gasteiger partial charge in [-0.15, -0.1) is 0 Å². The summed E-state index contributed by atoms with van der Waals surface area (Å²) in [6, 6.07) is 2.46. The summed E-state index contributed by atoms with van der Waals surface area (Å²) in [5.41, 5.74) is 1.39. The number of hydrogen-bond acceptors (Lipinski definition) is 3. The van der Waals surface area contributed by atoms with E-state index in [1.165, 1.54) is 12.1 Å². The van der Waals surface area contributed by atoms with Gasteiger partial charge < -0.3 is 14.6 Å². The lowest BCUT2D eigenvalue weighted by Crippen LogP contribution is -2.38. The van der Waals surface area contributed by atoms with E-state index < -0.39 is 11.8 Å². The minimum absolute atomic E-state index is 0.0595. The van der Waals surface area contributed by atoms with Crippen molar-refractivity contribution in [3.63, 3.8) is 0 Å². The standard InChI is InChI=1S/C18H18FN3O3/c19-14-5-4-12(18(24)25)13-10-21(8-6-11(13)14)17(23)15-9-20-16-3-1-2-7-22(15)16/h4-5,9H,1-3,6-8,10H2,(H,24,25). The van der Waals surface area contributed by atoms with Crippen LogP contribution in [0.2, 0.25) is 0 Å². The topological polar surface area (TPSA) is 75.4 Å². The number of aromatic nitrogens is 2. The first kappa shape index (κ1) is 15.8. The van der Waals surface area contributed by atoms with Crippen molar-refractivity contribution in [3.8, 4) is 0 Å². The third-order valence-electron chi connectivity index (χ3n) is 5.06. The second-order valence-corrected chi connectivity index (χ2v) is 6.50. The number of rotatable bonds is 2. The molecular weight excluding hydrogens is 325 g/mol. The number of aryl methyl sites for hydroxylation is 1. The summed E-state index contributed by atoms with van der Waals surface area (Å²) in [5, 5.41) is 9.36. The SMILES string of the molecule is O=C(O)c1ccc(F)c2c1CN(C(=O)c1cnc3n1CCCC3)CC2. The number of carboxylic acids is 1.